The summed E-state index contributed by atoms with van der Waals surface area (Å²) in [6.45, 7) is 2.17. The Bertz CT molecular complexity index is 1080. The minimum absolute atomic E-state index is 0.0704. The predicted molar refractivity (Wildman–Crippen MR) is 124 cm³/mol. The summed E-state index contributed by atoms with van der Waals surface area (Å²) in [5.74, 6) is -3.36. The number of likely N-dealkylation sites (tertiary alicyclic amines) is 2. The van der Waals surface area contributed by atoms with E-state index in [4.69, 9.17) is 9.47 Å². The number of carbonyl (C=O) groups is 2. The van der Waals surface area contributed by atoms with Gasteiger partial charge in [-0.15, -0.1) is 0 Å². The summed E-state index contributed by atoms with van der Waals surface area (Å²) in [5.41, 5.74) is 0.335. The molecule has 1 unspecified atom stereocenters. The summed E-state index contributed by atoms with van der Waals surface area (Å²) >= 11 is 0. The molecule has 0 aliphatic carbocycles. The average Bonchev–Trinajstić information content (AvgIpc) is 3.20. The molecule has 4 rings (SSSR count). The van der Waals surface area contributed by atoms with E-state index in [-0.39, 0.29) is 24.6 Å². The third-order valence-electron chi connectivity index (χ3n) is 7.61. The lowest BCUT2D eigenvalue weighted by Gasteiger charge is -2.47. The highest BCUT2D eigenvalue weighted by atomic mass is 19.1. The fourth-order valence-electron chi connectivity index (χ4n) is 5.76. The number of benzene rings is 2. The molecule has 2 saturated heterocycles. The smallest absolute Gasteiger partial charge is 0.407 e. The van der Waals surface area contributed by atoms with Gasteiger partial charge in [-0.05, 0) is 24.1 Å². The molecular weight excluding hydrogens is 458 g/mol. The summed E-state index contributed by atoms with van der Waals surface area (Å²) in [6, 6.07) is 12.2. The molecule has 35 heavy (non-hydrogen) atoms. The summed E-state index contributed by atoms with van der Waals surface area (Å²) in [4.78, 5) is 28.4. The van der Waals surface area contributed by atoms with Crippen molar-refractivity contribution in [3.8, 4) is 0 Å². The van der Waals surface area contributed by atoms with Crippen LogP contribution in [0.15, 0.2) is 48.5 Å². The van der Waals surface area contributed by atoms with Gasteiger partial charge in [-0.3, -0.25) is 4.79 Å². The van der Waals surface area contributed by atoms with E-state index in [1.54, 1.807) is 26.0 Å². The summed E-state index contributed by atoms with van der Waals surface area (Å²) in [6.07, 6.45) is -1.18. The largest absolute Gasteiger partial charge is 0.465 e. The molecule has 2 fully saturated rings. The van der Waals surface area contributed by atoms with Gasteiger partial charge >= 0.3 is 6.09 Å². The molecule has 2 aliphatic heterocycles. The van der Waals surface area contributed by atoms with Crippen molar-refractivity contribution in [2.24, 2.45) is 5.92 Å². The van der Waals surface area contributed by atoms with Crippen molar-refractivity contribution < 1.29 is 33.0 Å². The molecule has 0 aromatic heterocycles. The minimum Gasteiger partial charge on any atom is -0.465 e. The Hall–Kier alpha value is -3.04. The van der Waals surface area contributed by atoms with Gasteiger partial charge in [0.1, 0.15) is 23.3 Å². The van der Waals surface area contributed by atoms with Crippen LogP contribution in [0.2, 0.25) is 0 Å². The van der Waals surface area contributed by atoms with E-state index in [1.165, 1.54) is 6.07 Å². The zero-order valence-corrected chi connectivity index (χ0v) is 20.0. The lowest BCUT2D eigenvalue weighted by atomic mass is 9.80. The highest BCUT2D eigenvalue weighted by Gasteiger charge is 2.51. The van der Waals surface area contributed by atoms with E-state index in [0.29, 0.717) is 13.0 Å². The van der Waals surface area contributed by atoms with Crippen molar-refractivity contribution in [2.45, 2.75) is 37.0 Å². The molecule has 2 aromatic carbocycles. The monoisotopic (exact) mass is 488 g/mol. The standard InChI is InChI=1S/C26H30F2N2O5/c1-16-23(19-10-9-18(27)13-21(19)28)20(14-30(16)25(32)33)24(31)29-12-11-26(35-3,22(15-29)34-2)17-7-5-4-6-8-17/h4-10,13,16,20,22-23H,11-12,14-15H2,1-3H3,(H,32,33)/t16?,20-,22+,23+,26+/m1/s1. The van der Waals surface area contributed by atoms with Crippen LogP contribution in [-0.2, 0) is 19.9 Å². The molecule has 9 heteroatoms. The fourth-order valence-corrected chi connectivity index (χ4v) is 5.76. The SMILES string of the molecule is CO[C@H]1CN(C(=O)[C@@H]2CN(C(=O)O)C(C)[C@H]2c2ccc(F)cc2F)CC[C@]1(OC)c1ccccc1. The number of hydrogen-bond donors (Lipinski definition) is 1. The quantitative estimate of drug-likeness (QED) is 0.692. The van der Waals surface area contributed by atoms with E-state index in [1.807, 2.05) is 30.3 Å². The van der Waals surface area contributed by atoms with Gasteiger partial charge in [0.2, 0.25) is 5.91 Å². The first kappa shape index (κ1) is 25.1. The first-order valence-electron chi connectivity index (χ1n) is 11.6. The summed E-state index contributed by atoms with van der Waals surface area (Å²) < 4.78 is 40.1. The number of amides is 2. The van der Waals surface area contributed by atoms with Gasteiger partial charge in [0.25, 0.3) is 0 Å². The van der Waals surface area contributed by atoms with Gasteiger partial charge < -0.3 is 24.4 Å². The van der Waals surface area contributed by atoms with Crippen LogP contribution in [0.25, 0.3) is 0 Å². The third kappa shape index (κ3) is 4.38. The molecule has 5 atom stereocenters. The number of rotatable bonds is 5. The van der Waals surface area contributed by atoms with E-state index >= 15 is 0 Å². The molecule has 1 N–H and O–H groups in total. The van der Waals surface area contributed by atoms with Gasteiger partial charge in [-0.25, -0.2) is 13.6 Å². The van der Waals surface area contributed by atoms with Gasteiger partial charge in [0, 0.05) is 51.8 Å². The second-order valence-electron chi connectivity index (χ2n) is 9.19. The van der Waals surface area contributed by atoms with E-state index in [9.17, 15) is 23.5 Å². The zero-order chi connectivity index (χ0) is 25.3. The van der Waals surface area contributed by atoms with E-state index in [0.717, 1.165) is 22.6 Å². The molecule has 7 nitrogen and oxygen atoms in total. The van der Waals surface area contributed by atoms with Crippen LogP contribution in [0, 0.1) is 17.6 Å². The Morgan fingerprint density at radius 1 is 1.09 bits per heavy atom. The first-order chi connectivity index (χ1) is 16.7. The molecule has 0 radical (unpaired) electrons. The van der Waals surface area contributed by atoms with Crippen LogP contribution < -0.4 is 0 Å². The second kappa shape index (κ2) is 9.91. The number of methoxy groups -OCH3 is 2. The van der Waals surface area contributed by atoms with Crippen molar-refractivity contribution in [1.82, 2.24) is 9.80 Å². The number of nitrogens with zero attached hydrogens (tertiary/aromatic N) is 2. The normalized spacial score (nSPS) is 28.8. The molecule has 2 aromatic rings. The highest BCUT2D eigenvalue weighted by molar-refractivity contribution is 5.82. The van der Waals surface area contributed by atoms with Crippen LogP contribution in [-0.4, -0.2) is 72.9 Å². The Morgan fingerprint density at radius 2 is 1.80 bits per heavy atom. The van der Waals surface area contributed by atoms with Crippen molar-refractivity contribution in [2.75, 3.05) is 33.9 Å². The van der Waals surface area contributed by atoms with Crippen LogP contribution in [0.3, 0.4) is 0 Å². The van der Waals surface area contributed by atoms with Crippen molar-refractivity contribution in [3.63, 3.8) is 0 Å². The molecule has 2 heterocycles. The molecule has 2 amide bonds. The van der Waals surface area contributed by atoms with Crippen molar-refractivity contribution in [3.05, 3.63) is 71.3 Å². The summed E-state index contributed by atoms with van der Waals surface area (Å²) in [7, 11) is 3.18. The lowest BCUT2D eigenvalue weighted by Crippen LogP contribution is -2.57. The van der Waals surface area contributed by atoms with Crippen LogP contribution in [0.1, 0.15) is 30.4 Å². The Kier molecular flexibility index (Phi) is 7.10. The predicted octanol–water partition coefficient (Wildman–Crippen LogP) is 3.84. The molecule has 2 aliphatic rings. The van der Waals surface area contributed by atoms with Gasteiger partial charge in [0.15, 0.2) is 0 Å². The Morgan fingerprint density at radius 3 is 2.40 bits per heavy atom. The second-order valence-corrected chi connectivity index (χ2v) is 9.19. The third-order valence-corrected chi connectivity index (χ3v) is 7.61. The lowest BCUT2D eigenvalue weighted by molar-refractivity contribution is -0.170. The first-order valence-corrected chi connectivity index (χ1v) is 11.6. The molecule has 0 bridgehead atoms. The maximum Gasteiger partial charge on any atom is 0.407 e. The number of piperidine rings is 1. The van der Waals surface area contributed by atoms with E-state index < -0.39 is 47.3 Å². The topological polar surface area (TPSA) is 79.3 Å². The van der Waals surface area contributed by atoms with E-state index in [2.05, 4.69) is 0 Å². The van der Waals surface area contributed by atoms with Crippen molar-refractivity contribution in [1.29, 1.82) is 0 Å². The maximum absolute atomic E-state index is 14.8. The van der Waals surface area contributed by atoms with Crippen LogP contribution >= 0.6 is 0 Å². The van der Waals surface area contributed by atoms with Gasteiger partial charge in [-0.2, -0.15) is 0 Å². The summed E-state index contributed by atoms with van der Waals surface area (Å²) in [5, 5.41) is 9.69. The van der Waals surface area contributed by atoms with Gasteiger partial charge in [0.05, 0.1) is 12.5 Å². The molecule has 0 spiro atoms. The highest BCUT2D eigenvalue weighted by Crippen LogP contribution is 2.43. The average molecular weight is 489 g/mol. The number of halogens is 2. The Labute approximate surface area is 203 Å². The zero-order valence-electron chi connectivity index (χ0n) is 20.0. The Balaban J connectivity index is 1.63. The van der Waals surface area contributed by atoms with Crippen LogP contribution in [0.5, 0.6) is 0 Å². The molecule has 0 saturated carbocycles. The van der Waals surface area contributed by atoms with Gasteiger partial charge in [-0.1, -0.05) is 36.4 Å². The number of carbonyl (C=O) groups excluding carboxylic acids is 1. The number of ether oxygens (including phenoxy) is 2. The van der Waals surface area contributed by atoms with Crippen molar-refractivity contribution >= 4 is 12.0 Å². The number of carboxylic acid groups (broad SMARTS) is 1. The molecular formula is C26H30F2N2O5. The maximum atomic E-state index is 14.8. The minimum atomic E-state index is -1.18. The fraction of sp³-hybridized carbons (Fsp3) is 0.462. The number of hydrogen-bond acceptors (Lipinski definition) is 4. The van der Waals surface area contributed by atoms with Crippen LogP contribution in [0.4, 0.5) is 13.6 Å². The molecule has 188 valence electrons.